The van der Waals surface area contributed by atoms with Crippen molar-refractivity contribution in [2.75, 3.05) is 61.1 Å². The number of para-hydroxylation sites is 2. The summed E-state index contributed by atoms with van der Waals surface area (Å²) in [5, 5.41) is 0. The van der Waals surface area contributed by atoms with Crippen molar-refractivity contribution in [2.45, 2.75) is 25.7 Å². The number of hydrogen-bond donors (Lipinski definition) is 0. The summed E-state index contributed by atoms with van der Waals surface area (Å²) in [4.78, 5) is 7.58. The van der Waals surface area contributed by atoms with Crippen LogP contribution in [0.1, 0.15) is 25.7 Å². The van der Waals surface area contributed by atoms with E-state index in [9.17, 15) is 0 Å². The van der Waals surface area contributed by atoms with Crippen LogP contribution < -0.4 is 19.4 Å². The first-order valence-corrected chi connectivity index (χ1v) is 11.3. The quantitative estimate of drug-likeness (QED) is 0.755. The van der Waals surface area contributed by atoms with Gasteiger partial charge in [-0.05, 0) is 61.1 Å². The Morgan fingerprint density at radius 3 is 1.86 bits per heavy atom. The van der Waals surface area contributed by atoms with Crippen molar-refractivity contribution in [1.82, 2.24) is 0 Å². The maximum atomic E-state index is 5.55. The minimum absolute atomic E-state index is 0.937. The zero-order chi connectivity index (χ0) is 19.6. The molecular weight excluding hydrogens is 358 g/mol. The molecule has 2 aliphatic heterocycles. The highest BCUT2D eigenvalue weighted by molar-refractivity contribution is 5.61. The Hall–Kier alpha value is -2.36. The molecule has 1 aliphatic carbocycles. The van der Waals surface area contributed by atoms with Gasteiger partial charge >= 0.3 is 0 Å². The highest BCUT2D eigenvalue weighted by Gasteiger charge is 2.34. The number of anilines is 3. The third kappa shape index (κ3) is 3.77. The Labute approximate surface area is 175 Å². The lowest BCUT2D eigenvalue weighted by atomic mass is 9.82. The van der Waals surface area contributed by atoms with E-state index in [2.05, 4.69) is 57.2 Å². The summed E-state index contributed by atoms with van der Waals surface area (Å²) in [6.07, 6.45) is 5.76. The first kappa shape index (κ1) is 18.7. The molecule has 29 heavy (non-hydrogen) atoms. The van der Waals surface area contributed by atoms with Gasteiger partial charge in [0.15, 0.2) is 0 Å². The number of piperazine rings is 1. The summed E-state index contributed by atoms with van der Waals surface area (Å²) in [6, 6.07) is 17.7. The molecule has 0 aromatic heterocycles. The first-order valence-electron chi connectivity index (χ1n) is 11.3. The van der Waals surface area contributed by atoms with E-state index in [0.29, 0.717) is 0 Å². The molecule has 0 bridgehead atoms. The number of benzene rings is 2. The van der Waals surface area contributed by atoms with Crippen molar-refractivity contribution in [2.24, 2.45) is 11.8 Å². The number of hydrogen-bond acceptors (Lipinski definition) is 4. The van der Waals surface area contributed by atoms with Gasteiger partial charge in [-0.3, -0.25) is 0 Å². The smallest absolute Gasteiger partial charge is 0.142 e. The lowest BCUT2D eigenvalue weighted by Gasteiger charge is -2.38. The lowest BCUT2D eigenvalue weighted by molar-refractivity contribution is 0.299. The normalized spacial score (nSPS) is 24.5. The summed E-state index contributed by atoms with van der Waals surface area (Å²) in [5.74, 6) is 2.84. The van der Waals surface area contributed by atoms with Gasteiger partial charge in [0.25, 0.3) is 0 Å². The van der Waals surface area contributed by atoms with E-state index >= 15 is 0 Å². The van der Waals surface area contributed by atoms with Gasteiger partial charge < -0.3 is 19.4 Å². The third-order valence-corrected chi connectivity index (χ3v) is 7.26. The molecule has 2 atom stereocenters. The summed E-state index contributed by atoms with van der Waals surface area (Å²) in [6.45, 7) is 6.68. The van der Waals surface area contributed by atoms with Crippen LogP contribution in [0.3, 0.4) is 0 Å². The number of ether oxygens (including phenoxy) is 1. The van der Waals surface area contributed by atoms with Crippen LogP contribution in [0.4, 0.5) is 17.1 Å². The van der Waals surface area contributed by atoms with Crippen LogP contribution in [0, 0.1) is 11.8 Å². The second kappa shape index (κ2) is 8.17. The maximum Gasteiger partial charge on any atom is 0.142 e. The van der Waals surface area contributed by atoms with Crippen LogP contribution in [-0.2, 0) is 0 Å². The first-order chi connectivity index (χ1) is 14.3. The molecule has 0 amide bonds. The molecule has 3 aliphatic rings. The fourth-order valence-corrected chi connectivity index (χ4v) is 5.59. The van der Waals surface area contributed by atoms with E-state index in [4.69, 9.17) is 4.74 Å². The molecule has 2 aromatic rings. The average Bonchev–Trinajstić information content (AvgIpc) is 3.24. The molecule has 0 radical (unpaired) electrons. The van der Waals surface area contributed by atoms with Crippen molar-refractivity contribution >= 4 is 17.1 Å². The summed E-state index contributed by atoms with van der Waals surface area (Å²) >= 11 is 0. The van der Waals surface area contributed by atoms with Gasteiger partial charge in [-0.25, -0.2) is 0 Å². The van der Waals surface area contributed by atoms with Gasteiger partial charge in [-0.15, -0.1) is 0 Å². The SMILES string of the molecule is COc1ccccc1N1CCN(c2ccc(N3CC4CCCCC4C3)cc2)CC1. The lowest BCUT2D eigenvalue weighted by Crippen LogP contribution is -2.46. The molecular formula is C25H33N3O. The van der Waals surface area contributed by atoms with Crippen molar-refractivity contribution in [1.29, 1.82) is 0 Å². The zero-order valence-corrected chi connectivity index (χ0v) is 17.6. The fraction of sp³-hybridized carbons (Fsp3) is 0.520. The molecule has 0 spiro atoms. The molecule has 2 heterocycles. The monoisotopic (exact) mass is 391 g/mol. The molecule has 2 saturated heterocycles. The zero-order valence-electron chi connectivity index (χ0n) is 17.6. The van der Waals surface area contributed by atoms with Crippen LogP contribution in [-0.4, -0.2) is 46.4 Å². The number of nitrogens with zero attached hydrogens (tertiary/aromatic N) is 3. The molecule has 4 heteroatoms. The van der Waals surface area contributed by atoms with Gasteiger partial charge in [0.05, 0.1) is 12.8 Å². The second-order valence-electron chi connectivity index (χ2n) is 8.87. The van der Waals surface area contributed by atoms with E-state index < -0.39 is 0 Å². The van der Waals surface area contributed by atoms with Crippen LogP contribution >= 0.6 is 0 Å². The molecule has 5 rings (SSSR count). The molecule has 2 aromatic carbocycles. The van der Waals surface area contributed by atoms with Crippen molar-refractivity contribution in [3.8, 4) is 5.75 Å². The molecule has 0 N–H and O–H groups in total. The summed E-state index contributed by atoms with van der Waals surface area (Å²) < 4.78 is 5.55. The van der Waals surface area contributed by atoms with Crippen LogP contribution in [0.15, 0.2) is 48.5 Å². The van der Waals surface area contributed by atoms with Crippen LogP contribution in [0.2, 0.25) is 0 Å². The Morgan fingerprint density at radius 2 is 1.24 bits per heavy atom. The van der Waals surface area contributed by atoms with E-state index in [1.165, 1.54) is 55.8 Å². The van der Waals surface area contributed by atoms with Crippen molar-refractivity contribution in [3.05, 3.63) is 48.5 Å². The second-order valence-corrected chi connectivity index (χ2v) is 8.87. The van der Waals surface area contributed by atoms with Gasteiger partial charge in [0.2, 0.25) is 0 Å². The largest absolute Gasteiger partial charge is 0.495 e. The summed E-state index contributed by atoms with van der Waals surface area (Å²) in [7, 11) is 1.76. The topological polar surface area (TPSA) is 19.0 Å². The highest BCUT2D eigenvalue weighted by Crippen LogP contribution is 2.38. The predicted molar refractivity (Wildman–Crippen MR) is 122 cm³/mol. The van der Waals surface area contributed by atoms with Gasteiger partial charge in [-0.1, -0.05) is 25.0 Å². The molecule has 3 fully saturated rings. The predicted octanol–water partition coefficient (Wildman–Crippen LogP) is 4.65. The fourth-order valence-electron chi connectivity index (χ4n) is 5.59. The minimum atomic E-state index is 0.937. The molecule has 2 unspecified atom stereocenters. The Morgan fingerprint density at radius 1 is 0.690 bits per heavy atom. The van der Waals surface area contributed by atoms with Gasteiger partial charge in [0, 0.05) is 50.6 Å². The van der Waals surface area contributed by atoms with E-state index in [1.54, 1.807) is 7.11 Å². The molecule has 4 nitrogen and oxygen atoms in total. The Balaban J connectivity index is 1.21. The van der Waals surface area contributed by atoms with Crippen LogP contribution in [0.5, 0.6) is 5.75 Å². The highest BCUT2D eigenvalue weighted by atomic mass is 16.5. The van der Waals surface area contributed by atoms with Gasteiger partial charge in [0.1, 0.15) is 5.75 Å². The standard InChI is InChI=1S/C25H33N3O/c1-29-25-9-5-4-8-24(25)27-16-14-26(15-17-27)22-10-12-23(13-11-22)28-18-20-6-2-3-7-21(20)19-28/h4-5,8-13,20-21H,2-3,6-7,14-19H2,1H3. The Kier molecular flexibility index (Phi) is 5.26. The summed E-state index contributed by atoms with van der Waals surface area (Å²) in [5.41, 5.74) is 3.97. The molecule has 154 valence electrons. The Bertz CT molecular complexity index is 799. The van der Waals surface area contributed by atoms with Crippen molar-refractivity contribution < 1.29 is 4.74 Å². The van der Waals surface area contributed by atoms with E-state index in [-0.39, 0.29) is 0 Å². The number of fused-ring (bicyclic) bond motifs is 1. The number of rotatable bonds is 4. The minimum Gasteiger partial charge on any atom is -0.495 e. The maximum absolute atomic E-state index is 5.55. The molecule has 1 saturated carbocycles. The van der Waals surface area contributed by atoms with Gasteiger partial charge in [-0.2, -0.15) is 0 Å². The average molecular weight is 392 g/mol. The van der Waals surface area contributed by atoms with E-state index in [0.717, 1.165) is 43.8 Å². The van der Waals surface area contributed by atoms with Crippen LogP contribution in [0.25, 0.3) is 0 Å². The van der Waals surface area contributed by atoms with E-state index in [1.807, 2.05) is 6.07 Å². The number of methoxy groups -OCH3 is 1. The van der Waals surface area contributed by atoms with Crippen molar-refractivity contribution in [3.63, 3.8) is 0 Å². The third-order valence-electron chi connectivity index (χ3n) is 7.26.